The Morgan fingerprint density at radius 2 is 1.79 bits per heavy atom. The van der Waals surface area contributed by atoms with E-state index in [9.17, 15) is 4.79 Å². The monoisotopic (exact) mass is 271 g/mol. The van der Waals surface area contributed by atoms with E-state index in [4.69, 9.17) is 4.74 Å². The summed E-state index contributed by atoms with van der Waals surface area (Å²) in [5.41, 5.74) is 0.892. The van der Waals surface area contributed by atoms with Crippen LogP contribution < -0.4 is 9.64 Å². The summed E-state index contributed by atoms with van der Waals surface area (Å²) in [6.45, 7) is 0. The molecule has 0 saturated carbocycles. The second-order valence-electron chi connectivity index (χ2n) is 4.21. The molecule has 2 aromatic rings. The van der Waals surface area contributed by atoms with E-state index in [0.29, 0.717) is 11.6 Å². The number of carbonyl (C=O) groups is 1. The molecular formula is C15H13NO2S. The Labute approximate surface area is 116 Å². The van der Waals surface area contributed by atoms with Gasteiger partial charge in [-0.25, -0.2) is 0 Å². The van der Waals surface area contributed by atoms with Crippen LogP contribution in [0.15, 0.2) is 54.6 Å². The van der Waals surface area contributed by atoms with Gasteiger partial charge in [0.1, 0.15) is 11.5 Å². The van der Waals surface area contributed by atoms with Crippen molar-refractivity contribution in [3.63, 3.8) is 0 Å². The van der Waals surface area contributed by atoms with E-state index in [0.717, 1.165) is 17.2 Å². The summed E-state index contributed by atoms with van der Waals surface area (Å²) >= 11 is 1.63. The molecular weight excluding hydrogens is 258 g/mol. The highest BCUT2D eigenvalue weighted by atomic mass is 32.2. The van der Waals surface area contributed by atoms with Gasteiger partial charge in [0.15, 0.2) is 0 Å². The van der Waals surface area contributed by atoms with Crippen molar-refractivity contribution < 1.29 is 9.53 Å². The Kier molecular flexibility index (Phi) is 3.42. The number of anilines is 1. The molecule has 3 rings (SSSR count). The Balaban J connectivity index is 1.82. The number of nitrogens with zero attached hydrogens (tertiary/aromatic N) is 1. The molecule has 1 amide bonds. The van der Waals surface area contributed by atoms with E-state index < -0.39 is 0 Å². The third-order valence-electron chi connectivity index (χ3n) is 2.86. The highest BCUT2D eigenvalue weighted by molar-refractivity contribution is 8.00. The van der Waals surface area contributed by atoms with Gasteiger partial charge >= 0.3 is 0 Å². The molecule has 0 atom stereocenters. The van der Waals surface area contributed by atoms with Crippen molar-refractivity contribution >= 4 is 23.4 Å². The Bertz CT molecular complexity index is 586. The van der Waals surface area contributed by atoms with Crippen LogP contribution in [0, 0.1) is 0 Å². The molecule has 4 heteroatoms. The minimum atomic E-state index is 0.155. The fourth-order valence-electron chi connectivity index (χ4n) is 1.93. The summed E-state index contributed by atoms with van der Waals surface area (Å²) in [5, 5.41) is 0. The molecule has 1 saturated heterocycles. The Hall–Kier alpha value is -1.94. The lowest BCUT2D eigenvalue weighted by atomic mass is 10.2. The summed E-state index contributed by atoms with van der Waals surface area (Å²) in [6.07, 6.45) is 0. The smallest absolute Gasteiger partial charge is 0.237 e. The van der Waals surface area contributed by atoms with Crippen LogP contribution in [0.25, 0.3) is 0 Å². The first-order valence-electron chi connectivity index (χ1n) is 6.04. The molecule has 0 radical (unpaired) electrons. The fraction of sp³-hybridized carbons (Fsp3) is 0.133. The predicted molar refractivity (Wildman–Crippen MR) is 77.8 cm³/mol. The van der Waals surface area contributed by atoms with Gasteiger partial charge in [-0.05, 0) is 24.3 Å². The van der Waals surface area contributed by atoms with E-state index >= 15 is 0 Å². The van der Waals surface area contributed by atoms with Crippen LogP contribution in [-0.4, -0.2) is 17.5 Å². The SMILES string of the molecule is O=C1CSCN1c1cccc(Oc2ccccc2)c1. The molecule has 0 unspecified atom stereocenters. The van der Waals surface area contributed by atoms with Crippen molar-refractivity contribution in [2.45, 2.75) is 0 Å². The number of hydrogen-bond donors (Lipinski definition) is 0. The molecule has 19 heavy (non-hydrogen) atoms. The number of ether oxygens (including phenoxy) is 1. The van der Waals surface area contributed by atoms with E-state index in [1.807, 2.05) is 54.6 Å². The summed E-state index contributed by atoms with van der Waals surface area (Å²) in [4.78, 5) is 13.5. The Morgan fingerprint density at radius 3 is 2.53 bits per heavy atom. The molecule has 96 valence electrons. The highest BCUT2D eigenvalue weighted by Gasteiger charge is 2.22. The number of benzene rings is 2. The Morgan fingerprint density at radius 1 is 1.00 bits per heavy atom. The van der Waals surface area contributed by atoms with E-state index in [-0.39, 0.29) is 5.91 Å². The molecule has 1 aliphatic rings. The van der Waals surface area contributed by atoms with Crippen LogP contribution in [0.4, 0.5) is 5.69 Å². The second kappa shape index (κ2) is 5.36. The number of carbonyl (C=O) groups excluding carboxylic acids is 1. The predicted octanol–water partition coefficient (Wildman–Crippen LogP) is 3.52. The van der Waals surface area contributed by atoms with Crippen LogP contribution in [0.2, 0.25) is 0 Å². The van der Waals surface area contributed by atoms with Gasteiger partial charge in [0.05, 0.1) is 11.6 Å². The maximum atomic E-state index is 11.7. The van der Waals surface area contributed by atoms with Crippen LogP contribution in [-0.2, 0) is 4.79 Å². The first-order valence-corrected chi connectivity index (χ1v) is 7.19. The number of rotatable bonds is 3. The van der Waals surface area contributed by atoms with Crippen molar-refractivity contribution in [1.29, 1.82) is 0 Å². The highest BCUT2D eigenvalue weighted by Crippen LogP contribution is 2.29. The zero-order valence-electron chi connectivity index (χ0n) is 10.3. The maximum Gasteiger partial charge on any atom is 0.237 e. The molecule has 1 heterocycles. The third-order valence-corrected chi connectivity index (χ3v) is 3.75. The number of para-hydroxylation sites is 1. The molecule has 0 spiro atoms. The third kappa shape index (κ3) is 2.74. The van der Waals surface area contributed by atoms with Crippen molar-refractivity contribution in [2.75, 3.05) is 16.5 Å². The van der Waals surface area contributed by atoms with Gasteiger partial charge in [-0.15, -0.1) is 11.8 Å². The average Bonchev–Trinajstić information content (AvgIpc) is 2.86. The number of amides is 1. The maximum absolute atomic E-state index is 11.7. The quantitative estimate of drug-likeness (QED) is 0.855. The fourth-order valence-corrected chi connectivity index (χ4v) is 2.83. The van der Waals surface area contributed by atoms with E-state index in [1.54, 1.807) is 16.7 Å². The normalized spacial score (nSPS) is 14.7. The topological polar surface area (TPSA) is 29.5 Å². The summed E-state index contributed by atoms with van der Waals surface area (Å²) in [5.74, 6) is 2.97. The lowest BCUT2D eigenvalue weighted by molar-refractivity contribution is -0.115. The molecule has 0 aromatic heterocycles. The second-order valence-corrected chi connectivity index (χ2v) is 5.17. The van der Waals surface area contributed by atoms with Gasteiger partial charge in [0, 0.05) is 11.8 Å². The molecule has 1 aliphatic heterocycles. The van der Waals surface area contributed by atoms with Gasteiger partial charge in [-0.2, -0.15) is 0 Å². The lowest BCUT2D eigenvalue weighted by Gasteiger charge is -2.15. The minimum Gasteiger partial charge on any atom is -0.457 e. The molecule has 0 N–H and O–H groups in total. The molecule has 2 aromatic carbocycles. The van der Waals surface area contributed by atoms with Crippen molar-refractivity contribution in [2.24, 2.45) is 0 Å². The van der Waals surface area contributed by atoms with E-state index in [1.165, 1.54) is 0 Å². The van der Waals surface area contributed by atoms with Crippen molar-refractivity contribution in [1.82, 2.24) is 0 Å². The summed E-state index contributed by atoms with van der Waals surface area (Å²) < 4.78 is 5.77. The zero-order valence-corrected chi connectivity index (χ0v) is 11.1. The first kappa shape index (κ1) is 12.1. The number of hydrogen-bond acceptors (Lipinski definition) is 3. The van der Waals surface area contributed by atoms with E-state index in [2.05, 4.69) is 0 Å². The first-order chi connectivity index (χ1) is 9.33. The lowest BCUT2D eigenvalue weighted by Crippen LogP contribution is -2.24. The molecule has 3 nitrogen and oxygen atoms in total. The summed E-state index contributed by atoms with van der Waals surface area (Å²) in [6, 6.07) is 17.3. The van der Waals surface area contributed by atoms with Gasteiger partial charge in [0.2, 0.25) is 5.91 Å². The van der Waals surface area contributed by atoms with Crippen LogP contribution in [0.3, 0.4) is 0 Å². The number of thioether (sulfide) groups is 1. The van der Waals surface area contributed by atoms with Gasteiger partial charge in [-0.1, -0.05) is 24.3 Å². The minimum absolute atomic E-state index is 0.155. The molecule has 0 aliphatic carbocycles. The van der Waals surface area contributed by atoms with Gasteiger partial charge < -0.3 is 9.64 Å². The van der Waals surface area contributed by atoms with Gasteiger partial charge in [-0.3, -0.25) is 4.79 Å². The van der Waals surface area contributed by atoms with Gasteiger partial charge in [0.25, 0.3) is 0 Å². The van der Waals surface area contributed by atoms with Crippen molar-refractivity contribution in [3.8, 4) is 11.5 Å². The molecule has 1 fully saturated rings. The average molecular weight is 271 g/mol. The molecule has 0 bridgehead atoms. The standard InChI is InChI=1S/C15H13NO2S/c17-15-10-19-11-16(15)12-5-4-8-14(9-12)18-13-6-2-1-3-7-13/h1-9H,10-11H2. The van der Waals surface area contributed by atoms with Crippen molar-refractivity contribution in [3.05, 3.63) is 54.6 Å². The van der Waals surface area contributed by atoms with Crippen LogP contribution in [0.1, 0.15) is 0 Å². The van der Waals surface area contributed by atoms with Crippen LogP contribution in [0.5, 0.6) is 11.5 Å². The zero-order chi connectivity index (χ0) is 13.1. The van der Waals surface area contributed by atoms with Crippen LogP contribution >= 0.6 is 11.8 Å². The summed E-state index contributed by atoms with van der Waals surface area (Å²) in [7, 11) is 0. The largest absolute Gasteiger partial charge is 0.457 e.